The molecule has 0 aliphatic heterocycles. The lowest BCUT2D eigenvalue weighted by Gasteiger charge is -2.14. The Balaban J connectivity index is 2.42. The first-order valence-corrected chi connectivity index (χ1v) is 6.46. The maximum Gasteiger partial charge on any atom is 0.00619 e. The lowest BCUT2D eigenvalue weighted by molar-refractivity contribution is 0.488. The van der Waals surface area contributed by atoms with E-state index in [2.05, 4.69) is 51.2 Å². The third kappa shape index (κ3) is 4.36. The summed E-state index contributed by atoms with van der Waals surface area (Å²) in [6.45, 7) is 9.93. The summed E-state index contributed by atoms with van der Waals surface area (Å²) in [5.41, 5.74) is 4.20. The molecule has 0 radical (unpaired) electrons. The van der Waals surface area contributed by atoms with E-state index in [9.17, 15) is 0 Å². The Morgan fingerprint density at radius 2 is 1.56 bits per heavy atom. The van der Waals surface area contributed by atoms with Crippen LogP contribution in [0, 0.1) is 13.8 Å². The fourth-order valence-corrected chi connectivity index (χ4v) is 2.21. The SMILES string of the molecule is CCC(CC)NCCc1cc(C)cc(C)c1. The third-order valence-corrected chi connectivity index (χ3v) is 3.11. The topological polar surface area (TPSA) is 12.0 Å². The van der Waals surface area contributed by atoms with Gasteiger partial charge in [-0.15, -0.1) is 0 Å². The summed E-state index contributed by atoms with van der Waals surface area (Å²) in [6.07, 6.45) is 3.59. The predicted octanol–water partition coefficient (Wildman–Crippen LogP) is 3.62. The minimum absolute atomic E-state index is 0.686. The molecule has 1 heteroatoms. The molecule has 1 N–H and O–H groups in total. The monoisotopic (exact) mass is 219 g/mol. The second-order valence-electron chi connectivity index (χ2n) is 4.71. The van der Waals surface area contributed by atoms with Gasteiger partial charge in [0.2, 0.25) is 0 Å². The normalized spacial score (nSPS) is 11.1. The summed E-state index contributed by atoms with van der Waals surface area (Å²) < 4.78 is 0. The van der Waals surface area contributed by atoms with Gasteiger partial charge in [0.05, 0.1) is 0 Å². The van der Waals surface area contributed by atoms with E-state index in [1.165, 1.54) is 29.5 Å². The van der Waals surface area contributed by atoms with Gasteiger partial charge in [-0.2, -0.15) is 0 Å². The second-order valence-corrected chi connectivity index (χ2v) is 4.71. The molecule has 0 unspecified atom stereocenters. The molecule has 0 saturated heterocycles. The van der Waals surface area contributed by atoms with Crippen molar-refractivity contribution >= 4 is 0 Å². The highest BCUT2D eigenvalue weighted by atomic mass is 14.9. The first-order chi connectivity index (χ1) is 7.65. The van der Waals surface area contributed by atoms with E-state index in [1.54, 1.807) is 0 Å². The molecule has 0 aliphatic carbocycles. The van der Waals surface area contributed by atoms with E-state index in [0.29, 0.717) is 6.04 Å². The molecule has 0 fully saturated rings. The second kappa shape index (κ2) is 6.70. The van der Waals surface area contributed by atoms with E-state index in [-0.39, 0.29) is 0 Å². The molecular formula is C15H25N. The summed E-state index contributed by atoms with van der Waals surface area (Å²) in [7, 11) is 0. The van der Waals surface area contributed by atoms with Crippen molar-refractivity contribution < 1.29 is 0 Å². The smallest absolute Gasteiger partial charge is 0.00619 e. The molecule has 0 amide bonds. The van der Waals surface area contributed by atoms with Gasteiger partial charge in [-0.3, -0.25) is 0 Å². The van der Waals surface area contributed by atoms with Crippen LogP contribution >= 0.6 is 0 Å². The molecule has 0 atom stereocenters. The Morgan fingerprint density at radius 1 is 1.00 bits per heavy atom. The zero-order valence-corrected chi connectivity index (χ0v) is 11.1. The van der Waals surface area contributed by atoms with Gasteiger partial charge < -0.3 is 5.32 Å². The van der Waals surface area contributed by atoms with E-state index >= 15 is 0 Å². The lowest BCUT2D eigenvalue weighted by atomic mass is 10.0. The minimum atomic E-state index is 0.686. The zero-order chi connectivity index (χ0) is 12.0. The van der Waals surface area contributed by atoms with Crippen LogP contribution in [0.4, 0.5) is 0 Å². The molecule has 1 rings (SSSR count). The lowest BCUT2D eigenvalue weighted by Crippen LogP contribution is -2.29. The van der Waals surface area contributed by atoms with Crippen LogP contribution in [-0.4, -0.2) is 12.6 Å². The minimum Gasteiger partial charge on any atom is -0.314 e. The highest BCUT2D eigenvalue weighted by Gasteiger charge is 2.02. The van der Waals surface area contributed by atoms with Crippen LogP contribution in [-0.2, 0) is 6.42 Å². The van der Waals surface area contributed by atoms with Crippen molar-refractivity contribution in [1.82, 2.24) is 5.32 Å². The Labute approximate surface area is 100 Å². The molecule has 0 aromatic heterocycles. The summed E-state index contributed by atoms with van der Waals surface area (Å²) in [4.78, 5) is 0. The first kappa shape index (κ1) is 13.2. The summed E-state index contributed by atoms with van der Waals surface area (Å²) in [5, 5.41) is 3.61. The summed E-state index contributed by atoms with van der Waals surface area (Å²) in [5.74, 6) is 0. The fourth-order valence-electron chi connectivity index (χ4n) is 2.21. The average Bonchev–Trinajstić information content (AvgIpc) is 2.23. The summed E-state index contributed by atoms with van der Waals surface area (Å²) >= 11 is 0. The van der Waals surface area contributed by atoms with Crippen LogP contribution < -0.4 is 5.32 Å². The van der Waals surface area contributed by atoms with Crippen LogP contribution in [0.3, 0.4) is 0 Å². The third-order valence-electron chi connectivity index (χ3n) is 3.11. The zero-order valence-electron chi connectivity index (χ0n) is 11.1. The molecular weight excluding hydrogens is 194 g/mol. The maximum absolute atomic E-state index is 3.61. The molecule has 0 aliphatic rings. The van der Waals surface area contributed by atoms with Crippen LogP contribution in [0.5, 0.6) is 0 Å². The number of nitrogens with one attached hydrogen (secondary N) is 1. The fraction of sp³-hybridized carbons (Fsp3) is 0.600. The van der Waals surface area contributed by atoms with Crippen molar-refractivity contribution in [3.63, 3.8) is 0 Å². The van der Waals surface area contributed by atoms with Crippen molar-refractivity contribution in [2.75, 3.05) is 6.54 Å². The number of hydrogen-bond acceptors (Lipinski definition) is 1. The van der Waals surface area contributed by atoms with Gasteiger partial charge in [0.1, 0.15) is 0 Å². The summed E-state index contributed by atoms with van der Waals surface area (Å²) in [6, 6.07) is 7.51. The van der Waals surface area contributed by atoms with E-state index in [4.69, 9.17) is 0 Å². The van der Waals surface area contributed by atoms with Crippen molar-refractivity contribution in [3.8, 4) is 0 Å². The Kier molecular flexibility index (Phi) is 5.54. The molecule has 16 heavy (non-hydrogen) atoms. The van der Waals surface area contributed by atoms with E-state index < -0.39 is 0 Å². The van der Waals surface area contributed by atoms with Gasteiger partial charge in [-0.25, -0.2) is 0 Å². The van der Waals surface area contributed by atoms with Crippen LogP contribution in [0.25, 0.3) is 0 Å². The molecule has 1 nitrogen and oxygen atoms in total. The first-order valence-electron chi connectivity index (χ1n) is 6.46. The maximum atomic E-state index is 3.61. The van der Waals surface area contributed by atoms with Gasteiger partial charge >= 0.3 is 0 Å². The molecule has 0 bridgehead atoms. The molecule has 1 aromatic rings. The van der Waals surface area contributed by atoms with E-state index in [1.807, 2.05) is 0 Å². The van der Waals surface area contributed by atoms with Gasteiger partial charge in [0, 0.05) is 6.04 Å². The Hall–Kier alpha value is -0.820. The van der Waals surface area contributed by atoms with Crippen LogP contribution in [0.15, 0.2) is 18.2 Å². The molecule has 90 valence electrons. The van der Waals surface area contributed by atoms with Crippen molar-refractivity contribution in [2.45, 2.75) is 53.0 Å². The van der Waals surface area contributed by atoms with Crippen molar-refractivity contribution in [1.29, 1.82) is 0 Å². The van der Waals surface area contributed by atoms with Crippen molar-refractivity contribution in [3.05, 3.63) is 34.9 Å². The van der Waals surface area contributed by atoms with Gasteiger partial charge in [-0.05, 0) is 45.2 Å². The van der Waals surface area contributed by atoms with Crippen molar-refractivity contribution in [2.24, 2.45) is 0 Å². The van der Waals surface area contributed by atoms with Gasteiger partial charge in [-0.1, -0.05) is 43.2 Å². The quantitative estimate of drug-likeness (QED) is 0.770. The molecule has 0 spiro atoms. The molecule has 0 heterocycles. The highest BCUT2D eigenvalue weighted by Crippen LogP contribution is 2.09. The standard InChI is InChI=1S/C15H25N/c1-5-15(6-2)16-8-7-14-10-12(3)9-13(4)11-14/h9-11,15-16H,5-8H2,1-4H3. The number of aryl methyl sites for hydroxylation is 2. The Bertz CT molecular complexity index is 293. The van der Waals surface area contributed by atoms with E-state index in [0.717, 1.165) is 13.0 Å². The van der Waals surface area contributed by atoms with Crippen LogP contribution in [0.2, 0.25) is 0 Å². The highest BCUT2D eigenvalue weighted by molar-refractivity contribution is 5.28. The van der Waals surface area contributed by atoms with Gasteiger partial charge in [0.15, 0.2) is 0 Å². The molecule has 1 aromatic carbocycles. The predicted molar refractivity (Wildman–Crippen MR) is 72.0 cm³/mol. The number of rotatable bonds is 6. The molecule has 0 saturated carbocycles. The Morgan fingerprint density at radius 3 is 2.06 bits per heavy atom. The average molecular weight is 219 g/mol. The number of hydrogen-bond donors (Lipinski definition) is 1. The number of benzene rings is 1. The largest absolute Gasteiger partial charge is 0.314 e. The van der Waals surface area contributed by atoms with Crippen LogP contribution in [0.1, 0.15) is 43.4 Å². The van der Waals surface area contributed by atoms with Gasteiger partial charge in [0.25, 0.3) is 0 Å².